The maximum atomic E-state index is 13.2. The van der Waals surface area contributed by atoms with Crippen molar-refractivity contribution >= 4 is 15.4 Å². The van der Waals surface area contributed by atoms with Crippen LogP contribution in [0.15, 0.2) is 0 Å². The zero-order valence-corrected chi connectivity index (χ0v) is 12.6. The molecule has 0 aromatic carbocycles. The van der Waals surface area contributed by atoms with E-state index in [1.165, 1.54) is 64.2 Å². The lowest BCUT2D eigenvalue weighted by atomic mass is 9.61. The number of rotatable bonds is 1. The van der Waals surface area contributed by atoms with Gasteiger partial charge in [0.1, 0.15) is 7.85 Å². The highest BCUT2D eigenvalue weighted by molar-refractivity contribution is 6.31. The van der Waals surface area contributed by atoms with Gasteiger partial charge in [0.2, 0.25) is 0 Å². The monoisotopic (exact) mass is 252 g/mol. The third-order valence-corrected chi connectivity index (χ3v) is 4.78. The lowest BCUT2D eigenvalue weighted by molar-refractivity contribution is 0.424. The Kier molecular flexibility index (Phi) is 8.10. The first kappa shape index (κ1) is 16.1. The van der Waals surface area contributed by atoms with Crippen LogP contribution in [0.2, 0.25) is 11.1 Å². The molecule has 0 saturated heterocycles. The molecule has 18 heavy (non-hydrogen) atoms. The molecule has 1 fully saturated rings. The number of hydrogen-bond donors (Lipinski definition) is 0. The standard InChI is InChI=1S/C15H31B2F/c1-15(17-18)12-8-5-3-2-4-6-10-14(16)11-7-9-13-15/h14,17H,2-13,16H2,1H3. The minimum Gasteiger partial charge on any atom is -0.341 e. The molecule has 0 bridgehead atoms. The van der Waals surface area contributed by atoms with Crippen molar-refractivity contribution in [2.24, 2.45) is 0 Å². The highest BCUT2D eigenvalue weighted by atomic mass is 19.1. The van der Waals surface area contributed by atoms with Crippen molar-refractivity contribution in [3.05, 3.63) is 0 Å². The van der Waals surface area contributed by atoms with Gasteiger partial charge < -0.3 is 4.32 Å². The molecule has 0 N–H and O–H groups in total. The van der Waals surface area contributed by atoms with E-state index in [-0.39, 0.29) is 12.9 Å². The second-order valence-electron chi connectivity index (χ2n) is 6.96. The molecule has 0 aromatic heterocycles. The first-order chi connectivity index (χ1) is 8.66. The summed E-state index contributed by atoms with van der Waals surface area (Å²) in [6.07, 6.45) is 15.6. The Balaban J connectivity index is 2.37. The molecule has 2 unspecified atom stereocenters. The van der Waals surface area contributed by atoms with Gasteiger partial charge in [0.25, 0.3) is 0 Å². The molecule has 0 spiro atoms. The summed E-state index contributed by atoms with van der Waals surface area (Å²) in [5.41, 5.74) is 0. The summed E-state index contributed by atoms with van der Waals surface area (Å²) in [7, 11) is 2.27. The zero-order valence-electron chi connectivity index (χ0n) is 12.6. The molecule has 0 aliphatic heterocycles. The van der Waals surface area contributed by atoms with E-state index in [1.54, 1.807) is 0 Å². The Hall–Kier alpha value is 0.0599. The predicted octanol–water partition coefficient (Wildman–Crippen LogP) is 4.60. The van der Waals surface area contributed by atoms with Crippen molar-refractivity contribution in [3.8, 4) is 0 Å². The maximum absolute atomic E-state index is 13.2. The van der Waals surface area contributed by atoms with E-state index >= 15 is 0 Å². The fourth-order valence-corrected chi connectivity index (χ4v) is 3.20. The minimum absolute atomic E-state index is 0.0205. The molecule has 0 amide bonds. The van der Waals surface area contributed by atoms with Gasteiger partial charge in [-0.05, 0) is 5.31 Å². The van der Waals surface area contributed by atoms with Crippen LogP contribution in [0.3, 0.4) is 0 Å². The number of hydrogen-bond acceptors (Lipinski definition) is 0. The van der Waals surface area contributed by atoms with Crippen LogP contribution >= 0.6 is 0 Å². The van der Waals surface area contributed by atoms with Crippen LogP contribution in [0.1, 0.15) is 84.0 Å². The second-order valence-corrected chi connectivity index (χ2v) is 6.96. The first-order valence-corrected chi connectivity index (χ1v) is 8.22. The van der Waals surface area contributed by atoms with Gasteiger partial charge in [-0.15, -0.1) is 0 Å². The van der Waals surface area contributed by atoms with Crippen LogP contribution in [0, 0.1) is 0 Å². The number of halogens is 1. The summed E-state index contributed by atoms with van der Waals surface area (Å²) in [6.45, 7) is 2.16. The molecule has 1 aliphatic carbocycles. The van der Waals surface area contributed by atoms with E-state index in [4.69, 9.17) is 0 Å². The lowest BCUT2D eigenvalue weighted by Gasteiger charge is -2.26. The molecule has 3 heteroatoms. The summed E-state index contributed by atoms with van der Waals surface area (Å²) in [6, 6.07) is 0. The van der Waals surface area contributed by atoms with E-state index < -0.39 is 0 Å². The van der Waals surface area contributed by atoms with Crippen LogP contribution in [0.5, 0.6) is 0 Å². The summed E-state index contributed by atoms with van der Waals surface area (Å²) >= 11 is 0. The average Bonchev–Trinajstić information content (AvgIpc) is 2.37. The van der Waals surface area contributed by atoms with Gasteiger partial charge in [0.05, 0.1) is 0 Å². The van der Waals surface area contributed by atoms with Crippen molar-refractivity contribution in [3.63, 3.8) is 0 Å². The van der Waals surface area contributed by atoms with Gasteiger partial charge in [-0.2, -0.15) is 0 Å². The van der Waals surface area contributed by atoms with Crippen LogP contribution in [-0.4, -0.2) is 15.4 Å². The normalized spacial score (nSPS) is 33.6. The second kappa shape index (κ2) is 9.04. The Morgan fingerprint density at radius 3 is 1.94 bits per heavy atom. The van der Waals surface area contributed by atoms with Crippen molar-refractivity contribution in [2.75, 3.05) is 0 Å². The summed E-state index contributed by atoms with van der Waals surface area (Å²) in [5.74, 6) is 0.879. The van der Waals surface area contributed by atoms with Gasteiger partial charge in [-0.3, -0.25) is 0 Å². The predicted molar refractivity (Wildman–Crippen MR) is 84.3 cm³/mol. The van der Waals surface area contributed by atoms with Crippen molar-refractivity contribution in [1.82, 2.24) is 0 Å². The van der Waals surface area contributed by atoms with E-state index in [9.17, 15) is 4.32 Å². The molecule has 104 valence electrons. The fraction of sp³-hybridized carbons (Fsp3) is 1.00. The van der Waals surface area contributed by atoms with Gasteiger partial charge >= 0.3 is 7.56 Å². The van der Waals surface area contributed by atoms with Crippen molar-refractivity contribution in [1.29, 1.82) is 0 Å². The van der Waals surface area contributed by atoms with Crippen LogP contribution in [-0.2, 0) is 0 Å². The fourth-order valence-electron chi connectivity index (χ4n) is 3.20. The first-order valence-electron chi connectivity index (χ1n) is 8.22. The highest BCUT2D eigenvalue weighted by Gasteiger charge is 2.25. The third kappa shape index (κ3) is 6.85. The largest absolute Gasteiger partial charge is 0.341 e. The Labute approximate surface area is 115 Å². The van der Waals surface area contributed by atoms with Crippen LogP contribution in [0.25, 0.3) is 0 Å². The van der Waals surface area contributed by atoms with E-state index in [2.05, 4.69) is 14.8 Å². The molecular formula is C15H31B2F. The quantitative estimate of drug-likeness (QED) is 0.598. The summed E-state index contributed by atoms with van der Waals surface area (Å²) < 4.78 is 13.2. The van der Waals surface area contributed by atoms with Gasteiger partial charge in [0.15, 0.2) is 0 Å². The van der Waals surface area contributed by atoms with Crippen LogP contribution < -0.4 is 0 Å². The van der Waals surface area contributed by atoms with Gasteiger partial charge in [-0.1, -0.05) is 89.8 Å². The molecular weight excluding hydrogens is 221 g/mol. The maximum Gasteiger partial charge on any atom is 0.337 e. The topological polar surface area (TPSA) is 0 Å². The van der Waals surface area contributed by atoms with Gasteiger partial charge in [0, 0.05) is 0 Å². The average molecular weight is 252 g/mol. The Morgan fingerprint density at radius 1 is 0.889 bits per heavy atom. The van der Waals surface area contributed by atoms with Crippen molar-refractivity contribution < 1.29 is 4.32 Å². The lowest BCUT2D eigenvalue weighted by Crippen LogP contribution is -2.14. The van der Waals surface area contributed by atoms with Gasteiger partial charge in [-0.25, -0.2) is 0 Å². The van der Waals surface area contributed by atoms with Crippen LogP contribution in [0.4, 0.5) is 4.32 Å². The summed E-state index contributed by atoms with van der Waals surface area (Å²) in [5, 5.41) is -0.0205. The molecule has 1 saturated carbocycles. The molecule has 0 heterocycles. The molecule has 1 aliphatic rings. The SMILES string of the molecule is BC1CCCCCCCCC(C)(BF)CCCC1. The smallest absolute Gasteiger partial charge is 0.337 e. The molecule has 0 nitrogen and oxygen atoms in total. The Bertz CT molecular complexity index is 211. The molecule has 2 atom stereocenters. The minimum atomic E-state index is -0.122. The molecule has 0 radical (unpaired) electrons. The zero-order chi connectivity index (χ0) is 13.3. The van der Waals surface area contributed by atoms with Crippen molar-refractivity contribution in [2.45, 2.75) is 95.1 Å². The van der Waals surface area contributed by atoms with E-state index in [1.807, 2.05) is 0 Å². The van der Waals surface area contributed by atoms with E-state index in [0.29, 0.717) is 0 Å². The molecule has 1 rings (SSSR count). The van der Waals surface area contributed by atoms with E-state index in [0.717, 1.165) is 18.7 Å². The molecule has 0 aromatic rings. The summed E-state index contributed by atoms with van der Waals surface area (Å²) in [4.78, 5) is 0. The highest BCUT2D eigenvalue weighted by Crippen LogP contribution is 2.38. The third-order valence-electron chi connectivity index (χ3n) is 4.78. The Morgan fingerprint density at radius 2 is 1.33 bits per heavy atom.